The van der Waals surface area contributed by atoms with Crippen LogP contribution in [0.25, 0.3) is 0 Å². The summed E-state index contributed by atoms with van der Waals surface area (Å²) < 4.78 is 28.1. The van der Waals surface area contributed by atoms with E-state index >= 15 is 0 Å². The van der Waals surface area contributed by atoms with Crippen LogP contribution < -0.4 is 10.2 Å². The zero-order chi connectivity index (χ0) is 14.7. The van der Waals surface area contributed by atoms with E-state index in [-0.39, 0.29) is 11.4 Å². The van der Waals surface area contributed by atoms with Crippen LogP contribution in [0.1, 0.15) is 26.2 Å². The van der Waals surface area contributed by atoms with Crippen molar-refractivity contribution in [1.29, 1.82) is 0 Å². The summed E-state index contributed by atoms with van der Waals surface area (Å²) in [7, 11) is 0. The number of hydrogen-bond donors (Lipinski definition) is 2. The summed E-state index contributed by atoms with van der Waals surface area (Å²) in [6.07, 6.45) is 1.67. The predicted molar refractivity (Wildman–Crippen MR) is 72.7 cm³/mol. The number of aliphatic hydroxyl groups is 1. The van der Waals surface area contributed by atoms with Gasteiger partial charge in [-0.25, -0.2) is 8.78 Å². The van der Waals surface area contributed by atoms with E-state index < -0.39 is 23.6 Å². The Morgan fingerprint density at radius 2 is 1.80 bits per heavy atom. The lowest BCUT2D eigenvalue weighted by Crippen LogP contribution is -2.31. The fourth-order valence-corrected chi connectivity index (χ4v) is 2.30. The quantitative estimate of drug-likeness (QED) is 0.895. The first-order valence-electron chi connectivity index (χ1n) is 6.72. The molecule has 0 spiro atoms. The largest absolute Gasteiger partial charge is 0.384 e. The Hall–Kier alpha value is -1.69. The maximum absolute atomic E-state index is 14.1. The summed E-state index contributed by atoms with van der Waals surface area (Å²) in [5.74, 6) is -2.10. The van der Waals surface area contributed by atoms with Gasteiger partial charge < -0.3 is 15.3 Å². The maximum atomic E-state index is 14.1. The summed E-state index contributed by atoms with van der Waals surface area (Å²) in [6.45, 7) is 2.55. The zero-order valence-corrected chi connectivity index (χ0v) is 11.3. The Labute approximate surface area is 116 Å². The van der Waals surface area contributed by atoms with Crippen molar-refractivity contribution in [3.05, 3.63) is 23.8 Å². The molecule has 1 fully saturated rings. The molecule has 1 atom stereocenters. The van der Waals surface area contributed by atoms with Crippen LogP contribution >= 0.6 is 0 Å². The van der Waals surface area contributed by atoms with Crippen molar-refractivity contribution in [2.75, 3.05) is 23.3 Å². The smallest absolute Gasteiger partial charge is 0.252 e. The average Bonchev–Trinajstić information content (AvgIpc) is 2.39. The number of aliphatic hydroxyl groups excluding tert-OH is 1. The molecule has 2 rings (SSSR count). The third kappa shape index (κ3) is 3.25. The minimum Gasteiger partial charge on any atom is -0.384 e. The van der Waals surface area contributed by atoms with Crippen molar-refractivity contribution in [2.45, 2.75) is 32.3 Å². The van der Waals surface area contributed by atoms with Gasteiger partial charge in [0.25, 0.3) is 5.91 Å². The van der Waals surface area contributed by atoms with Gasteiger partial charge >= 0.3 is 0 Å². The summed E-state index contributed by atoms with van der Waals surface area (Å²) in [5.41, 5.74) is -0.0357. The molecular formula is C14H18F2N2O2. The average molecular weight is 284 g/mol. The van der Waals surface area contributed by atoms with E-state index in [0.29, 0.717) is 13.1 Å². The van der Waals surface area contributed by atoms with Crippen molar-refractivity contribution in [3.63, 3.8) is 0 Å². The Morgan fingerprint density at radius 1 is 1.25 bits per heavy atom. The van der Waals surface area contributed by atoms with Gasteiger partial charge in [0.15, 0.2) is 11.6 Å². The molecule has 1 aromatic rings. The molecule has 1 amide bonds. The Morgan fingerprint density at radius 3 is 2.30 bits per heavy atom. The fourth-order valence-electron chi connectivity index (χ4n) is 2.30. The van der Waals surface area contributed by atoms with Gasteiger partial charge in [-0.05, 0) is 38.3 Å². The number of carbonyl (C=O) groups excluding carboxylic acids is 1. The zero-order valence-electron chi connectivity index (χ0n) is 11.3. The molecule has 2 N–H and O–H groups in total. The molecule has 1 aliphatic rings. The molecule has 0 radical (unpaired) electrons. The van der Waals surface area contributed by atoms with Gasteiger partial charge in [0, 0.05) is 18.8 Å². The first-order valence-corrected chi connectivity index (χ1v) is 6.72. The second-order valence-electron chi connectivity index (χ2n) is 5.00. The number of halogens is 2. The highest BCUT2D eigenvalue weighted by Crippen LogP contribution is 2.29. The minimum atomic E-state index is -1.23. The highest BCUT2D eigenvalue weighted by molar-refractivity contribution is 5.93. The molecule has 1 aliphatic heterocycles. The first kappa shape index (κ1) is 14.7. The van der Waals surface area contributed by atoms with Crippen LogP contribution in [0.3, 0.4) is 0 Å². The third-order valence-electron chi connectivity index (χ3n) is 3.34. The molecule has 0 bridgehead atoms. The molecule has 0 aromatic heterocycles. The highest BCUT2D eigenvalue weighted by atomic mass is 19.1. The van der Waals surface area contributed by atoms with Gasteiger partial charge in [-0.2, -0.15) is 0 Å². The summed E-state index contributed by atoms with van der Waals surface area (Å²) in [4.78, 5) is 13.0. The molecule has 6 heteroatoms. The molecule has 1 aromatic carbocycles. The van der Waals surface area contributed by atoms with Crippen LogP contribution in [-0.4, -0.2) is 30.2 Å². The van der Waals surface area contributed by atoms with Gasteiger partial charge in [-0.3, -0.25) is 4.79 Å². The Bertz CT molecular complexity index is 477. The molecular weight excluding hydrogens is 266 g/mol. The lowest BCUT2D eigenvalue weighted by molar-refractivity contribution is -0.123. The van der Waals surface area contributed by atoms with Crippen molar-refractivity contribution in [3.8, 4) is 0 Å². The third-order valence-corrected chi connectivity index (χ3v) is 3.34. The number of amides is 1. The molecule has 1 heterocycles. The molecule has 4 nitrogen and oxygen atoms in total. The Balaban J connectivity index is 2.22. The van der Waals surface area contributed by atoms with Gasteiger partial charge in [0.2, 0.25) is 0 Å². The van der Waals surface area contributed by atoms with Crippen molar-refractivity contribution >= 4 is 17.3 Å². The number of nitrogens with one attached hydrogen (secondary N) is 1. The normalized spacial score (nSPS) is 16.9. The maximum Gasteiger partial charge on any atom is 0.252 e. The summed E-state index contributed by atoms with van der Waals surface area (Å²) in [5, 5.41) is 11.3. The van der Waals surface area contributed by atoms with E-state index in [1.54, 1.807) is 4.90 Å². The molecule has 20 heavy (non-hydrogen) atoms. The van der Waals surface area contributed by atoms with E-state index in [2.05, 4.69) is 5.32 Å². The van der Waals surface area contributed by atoms with Gasteiger partial charge in [-0.1, -0.05) is 0 Å². The van der Waals surface area contributed by atoms with E-state index in [9.17, 15) is 13.6 Å². The van der Waals surface area contributed by atoms with Crippen molar-refractivity contribution < 1.29 is 18.7 Å². The van der Waals surface area contributed by atoms with Crippen LogP contribution in [0.15, 0.2) is 12.1 Å². The topological polar surface area (TPSA) is 52.6 Å². The lowest BCUT2D eigenvalue weighted by atomic mass is 10.1. The number of piperidine rings is 1. The van der Waals surface area contributed by atoms with Crippen LogP contribution in [0, 0.1) is 11.6 Å². The number of anilines is 2. The monoisotopic (exact) mass is 284 g/mol. The number of carbonyl (C=O) groups is 1. The fraction of sp³-hybridized carbons (Fsp3) is 0.500. The number of benzene rings is 1. The van der Waals surface area contributed by atoms with Gasteiger partial charge in [0.05, 0.1) is 0 Å². The van der Waals surface area contributed by atoms with Crippen LogP contribution in [-0.2, 0) is 4.79 Å². The van der Waals surface area contributed by atoms with Crippen LogP contribution in [0.4, 0.5) is 20.2 Å². The van der Waals surface area contributed by atoms with Gasteiger partial charge in [-0.15, -0.1) is 0 Å². The Kier molecular flexibility index (Phi) is 4.54. The standard InChI is InChI=1S/C14H18F2N2O2/c1-9(19)14(20)17-10-7-11(15)13(12(16)8-10)18-5-3-2-4-6-18/h7-9,19H,2-6H2,1H3,(H,17,20). The number of hydrogen-bond acceptors (Lipinski definition) is 3. The van der Waals surface area contributed by atoms with Crippen LogP contribution in [0.5, 0.6) is 0 Å². The molecule has 0 saturated carbocycles. The number of rotatable bonds is 3. The minimum absolute atomic E-state index is 0.00617. The summed E-state index contributed by atoms with van der Waals surface area (Å²) >= 11 is 0. The summed E-state index contributed by atoms with van der Waals surface area (Å²) in [6, 6.07) is 2.15. The van der Waals surface area contributed by atoms with Crippen molar-refractivity contribution in [2.24, 2.45) is 0 Å². The van der Waals surface area contributed by atoms with Crippen LogP contribution in [0.2, 0.25) is 0 Å². The SMILES string of the molecule is CC(O)C(=O)Nc1cc(F)c(N2CCCCC2)c(F)c1. The highest BCUT2D eigenvalue weighted by Gasteiger charge is 2.20. The molecule has 110 valence electrons. The second kappa shape index (κ2) is 6.17. The second-order valence-corrected chi connectivity index (χ2v) is 5.00. The van der Waals surface area contributed by atoms with E-state index in [1.165, 1.54) is 6.92 Å². The lowest BCUT2D eigenvalue weighted by Gasteiger charge is -2.29. The molecule has 1 unspecified atom stereocenters. The van der Waals surface area contributed by atoms with E-state index in [1.807, 2.05) is 0 Å². The van der Waals surface area contributed by atoms with E-state index in [4.69, 9.17) is 5.11 Å². The van der Waals surface area contributed by atoms with Gasteiger partial charge in [0.1, 0.15) is 11.8 Å². The first-order chi connectivity index (χ1) is 9.49. The molecule has 1 saturated heterocycles. The molecule has 0 aliphatic carbocycles. The number of nitrogens with zero attached hydrogens (tertiary/aromatic N) is 1. The van der Waals surface area contributed by atoms with E-state index in [0.717, 1.165) is 31.4 Å². The predicted octanol–water partition coefficient (Wildman–Crippen LogP) is 2.27. The van der Waals surface area contributed by atoms with Crippen molar-refractivity contribution in [1.82, 2.24) is 0 Å².